The molecule has 0 unspecified atom stereocenters. The number of esters is 2. The van der Waals surface area contributed by atoms with E-state index in [1.807, 2.05) is 72.8 Å². The van der Waals surface area contributed by atoms with Gasteiger partial charge in [-0.1, -0.05) is 72.8 Å². The molecule has 4 aromatic carbocycles. The lowest BCUT2D eigenvalue weighted by Gasteiger charge is -2.02. The van der Waals surface area contributed by atoms with Crippen molar-refractivity contribution in [3.8, 4) is 11.5 Å². The van der Waals surface area contributed by atoms with Gasteiger partial charge in [-0.05, 0) is 48.5 Å². The van der Waals surface area contributed by atoms with Crippen molar-refractivity contribution >= 4 is 11.9 Å². The molecule has 0 aliphatic carbocycles. The average molecular weight is 396 g/mol. The molecule has 0 aliphatic rings. The number of carbonyl (C=O) groups excluding carboxylic acids is 2. The molecule has 0 amide bonds. The standard InChI is InChI=1S/2C13H10O2/c2*14-13(11-7-3-1-4-8-11)15-12-9-5-2-6-10-12/h2*1-10H. The summed E-state index contributed by atoms with van der Waals surface area (Å²) in [6.07, 6.45) is 0. The number of hydrogen-bond acceptors (Lipinski definition) is 4. The van der Waals surface area contributed by atoms with Gasteiger partial charge in [0.25, 0.3) is 0 Å². The molecule has 0 aliphatic heterocycles. The molecule has 0 radical (unpaired) electrons. The second-order valence-electron chi connectivity index (χ2n) is 6.14. The zero-order valence-corrected chi connectivity index (χ0v) is 16.2. The van der Waals surface area contributed by atoms with Crippen molar-refractivity contribution in [2.24, 2.45) is 0 Å². The van der Waals surface area contributed by atoms with E-state index in [-0.39, 0.29) is 11.9 Å². The smallest absolute Gasteiger partial charge is 0.343 e. The molecule has 4 nitrogen and oxygen atoms in total. The summed E-state index contributed by atoms with van der Waals surface area (Å²) >= 11 is 0. The minimum absolute atomic E-state index is 0.332. The number of carbonyl (C=O) groups is 2. The van der Waals surface area contributed by atoms with Crippen molar-refractivity contribution in [3.05, 3.63) is 132 Å². The monoisotopic (exact) mass is 396 g/mol. The fourth-order valence-electron chi connectivity index (χ4n) is 2.46. The topological polar surface area (TPSA) is 52.6 Å². The predicted octanol–water partition coefficient (Wildman–Crippen LogP) is 5.81. The average Bonchev–Trinajstić information content (AvgIpc) is 2.82. The van der Waals surface area contributed by atoms with E-state index < -0.39 is 0 Å². The Hall–Kier alpha value is -4.18. The quantitative estimate of drug-likeness (QED) is 0.323. The Balaban J connectivity index is 0.000000171. The maximum atomic E-state index is 11.6. The maximum Gasteiger partial charge on any atom is 0.343 e. The maximum absolute atomic E-state index is 11.6. The third-order valence-corrected chi connectivity index (χ3v) is 3.93. The number of ether oxygens (including phenoxy) is 2. The van der Waals surface area contributed by atoms with Gasteiger partial charge in [0.15, 0.2) is 0 Å². The third kappa shape index (κ3) is 6.46. The van der Waals surface area contributed by atoms with Gasteiger partial charge in [0.05, 0.1) is 11.1 Å². The number of hydrogen-bond donors (Lipinski definition) is 0. The van der Waals surface area contributed by atoms with Crippen LogP contribution in [0.15, 0.2) is 121 Å². The summed E-state index contributed by atoms with van der Waals surface area (Å²) in [7, 11) is 0. The molecular formula is C26H20O4. The fraction of sp³-hybridized carbons (Fsp3) is 0. The molecule has 0 bridgehead atoms. The van der Waals surface area contributed by atoms with Gasteiger partial charge in [0, 0.05) is 0 Å². The van der Waals surface area contributed by atoms with Crippen molar-refractivity contribution in [1.82, 2.24) is 0 Å². The van der Waals surface area contributed by atoms with E-state index in [0.717, 1.165) is 0 Å². The van der Waals surface area contributed by atoms with Crippen LogP contribution < -0.4 is 9.47 Å². The minimum Gasteiger partial charge on any atom is -0.423 e. The molecule has 4 heteroatoms. The Morgan fingerprint density at radius 3 is 0.967 bits per heavy atom. The summed E-state index contributed by atoms with van der Waals surface area (Å²) < 4.78 is 10.3. The van der Waals surface area contributed by atoms with Crippen LogP contribution in [0, 0.1) is 0 Å². The lowest BCUT2D eigenvalue weighted by Crippen LogP contribution is -2.07. The summed E-state index contributed by atoms with van der Waals surface area (Å²) in [4.78, 5) is 23.2. The van der Waals surface area contributed by atoms with Crippen molar-refractivity contribution < 1.29 is 19.1 Å². The first-order valence-corrected chi connectivity index (χ1v) is 9.37. The van der Waals surface area contributed by atoms with Crippen LogP contribution in [0.5, 0.6) is 11.5 Å². The molecule has 0 spiro atoms. The van der Waals surface area contributed by atoms with Crippen LogP contribution in [-0.2, 0) is 0 Å². The summed E-state index contributed by atoms with van der Waals surface area (Å²) in [6.45, 7) is 0. The Labute approximate surface area is 175 Å². The van der Waals surface area contributed by atoms with Crippen LogP contribution in [0.3, 0.4) is 0 Å². The zero-order valence-electron chi connectivity index (χ0n) is 16.2. The highest BCUT2D eigenvalue weighted by Crippen LogP contribution is 2.12. The molecule has 4 aromatic rings. The predicted molar refractivity (Wildman–Crippen MR) is 116 cm³/mol. The lowest BCUT2D eigenvalue weighted by molar-refractivity contribution is 0.0725. The molecule has 0 atom stereocenters. The molecule has 0 fully saturated rings. The van der Waals surface area contributed by atoms with Gasteiger partial charge in [-0.15, -0.1) is 0 Å². The Morgan fingerprint density at radius 1 is 0.400 bits per heavy atom. The van der Waals surface area contributed by atoms with Crippen LogP contribution in [0.2, 0.25) is 0 Å². The normalized spacial score (nSPS) is 9.60. The van der Waals surface area contributed by atoms with Gasteiger partial charge in [-0.2, -0.15) is 0 Å². The second-order valence-corrected chi connectivity index (χ2v) is 6.14. The summed E-state index contributed by atoms with van der Waals surface area (Å²) in [6, 6.07) is 35.9. The largest absolute Gasteiger partial charge is 0.423 e. The van der Waals surface area contributed by atoms with E-state index in [0.29, 0.717) is 22.6 Å². The van der Waals surface area contributed by atoms with E-state index in [4.69, 9.17) is 9.47 Å². The first kappa shape index (κ1) is 20.6. The summed E-state index contributed by atoms with van der Waals surface area (Å²) in [5.74, 6) is 0.460. The van der Waals surface area contributed by atoms with Gasteiger partial charge in [0.2, 0.25) is 0 Å². The van der Waals surface area contributed by atoms with Gasteiger partial charge in [-0.25, -0.2) is 9.59 Å². The molecule has 0 N–H and O–H groups in total. The van der Waals surface area contributed by atoms with E-state index in [1.165, 1.54) is 0 Å². The van der Waals surface area contributed by atoms with E-state index in [9.17, 15) is 9.59 Å². The number of rotatable bonds is 4. The second kappa shape index (κ2) is 11.0. The third-order valence-electron chi connectivity index (χ3n) is 3.93. The van der Waals surface area contributed by atoms with E-state index in [2.05, 4.69) is 0 Å². The molecule has 4 rings (SSSR count). The molecule has 148 valence electrons. The number of para-hydroxylation sites is 2. The fourth-order valence-corrected chi connectivity index (χ4v) is 2.46. The molecule has 0 saturated heterocycles. The lowest BCUT2D eigenvalue weighted by atomic mass is 10.2. The molecular weight excluding hydrogens is 376 g/mol. The highest BCUT2D eigenvalue weighted by Gasteiger charge is 2.07. The Morgan fingerprint density at radius 2 is 0.667 bits per heavy atom. The van der Waals surface area contributed by atoms with E-state index >= 15 is 0 Å². The first-order valence-electron chi connectivity index (χ1n) is 9.37. The molecule has 30 heavy (non-hydrogen) atoms. The summed E-state index contributed by atoms with van der Waals surface area (Å²) in [5, 5.41) is 0. The van der Waals surface area contributed by atoms with Crippen LogP contribution in [-0.4, -0.2) is 11.9 Å². The van der Waals surface area contributed by atoms with Gasteiger partial charge >= 0.3 is 11.9 Å². The number of benzene rings is 4. The Kier molecular flexibility index (Phi) is 7.52. The highest BCUT2D eigenvalue weighted by atomic mass is 16.5. The first-order chi connectivity index (χ1) is 14.7. The van der Waals surface area contributed by atoms with Crippen LogP contribution in [0.1, 0.15) is 20.7 Å². The van der Waals surface area contributed by atoms with Crippen LogP contribution >= 0.6 is 0 Å². The molecule has 0 heterocycles. The van der Waals surface area contributed by atoms with Crippen molar-refractivity contribution in [2.75, 3.05) is 0 Å². The minimum atomic E-state index is -0.332. The summed E-state index contributed by atoms with van der Waals surface area (Å²) in [5.41, 5.74) is 1.11. The van der Waals surface area contributed by atoms with Crippen molar-refractivity contribution in [3.63, 3.8) is 0 Å². The zero-order chi connectivity index (χ0) is 21.0. The van der Waals surface area contributed by atoms with Gasteiger partial charge in [0.1, 0.15) is 11.5 Å². The van der Waals surface area contributed by atoms with Crippen molar-refractivity contribution in [1.29, 1.82) is 0 Å². The Bertz CT molecular complexity index is 958. The van der Waals surface area contributed by atoms with Crippen LogP contribution in [0.25, 0.3) is 0 Å². The van der Waals surface area contributed by atoms with Gasteiger partial charge in [-0.3, -0.25) is 0 Å². The molecule has 0 aromatic heterocycles. The highest BCUT2D eigenvalue weighted by molar-refractivity contribution is 5.91. The molecule has 0 saturated carbocycles. The van der Waals surface area contributed by atoms with Crippen LogP contribution in [0.4, 0.5) is 0 Å². The SMILES string of the molecule is O=C(Oc1ccccc1)c1ccccc1.O=C(Oc1ccccc1)c1ccccc1. The van der Waals surface area contributed by atoms with Gasteiger partial charge < -0.3 is 9.47 Å². The van der Waals surface area contributed by atoms with Crippen molar-refractivity contribution in [2.45, 2.75) is 0 Å². The van der Waals surface area contributed by atoms with E-state index in [1.54, 1.807) is 48.5 Å².